The van der Waals surface area contributed by atoms with Crippen LogP contribution in [0.4, 0.5) is 0 Å². The molecular weight excluding hydrogens is 150 g/mol. The van der Waals surface area contributed by atoms with Gasteiger partial charge in [-0.3, -0.25) is 0 Å². The van der Waals surface area contributed by atoms with Gasteiger partial charge in [0, 0.05) is 13.2 Å². The number of hydrogen-bond acceptors (Lipinski definition) is 2. The van der Waals surface area contributed by atoms with E-state index in [0.717, 1.165) is 26.2 Å². The van der Waals surface area contributed by atoms with Gasteiger partial charge in [-0.05, 0) is 31.2 Å². The van der Waals surface area contributed by atoms with Crippen molar-refractivity contribution in [2.45, 2.75) is 34.1 Å². The van der Waals surface area contributed by atoms with Gasteiger partial charge in [0.15, 0.2) is 0 Å². The van der Waals surface area contributed by atoms with E-state index in [1.54, 1.807) is 0 Å². The van der Waals surface area contributed by atoms with E-state index in [4.69, 9.17) is 10.5 Å². The van der Waals surface area contributed by atoms with Crippen molar-refractivity contribution in [3.63, 3.8) is 0 Å². The maximum absolute atomic E-state index is 5.69. The molecule has 2 nitrogen and oxygen atoms in total. The molecule has 0 aromatic carbocycles. The van der Waals surface area contributed by atoms with Crippen molar-refractivity contribution in [2.75, 3.05) is 19.8 Å². The Kier molecular flexibility index (Phi) is 5.51. The lowest BCUT2D eigenvalue weighted by Gasteiger charge is -2.29. The van der Waals surface area contributed by atoms with Gasteiger partial charge in [0.1, 0.15) is 0 Å². The van der Waals surface area contributed by atoms with Crippen molar-refractivity contribution < 1.29 is 4.74 Å². The molecule has 0 aliphatic rings. The summed E-state index contributed by atoms with van der Waals surface area (Å²) < 4.78 is 5.31. The Hall–Kier alpha value is -0.0800. The van der Waals surface area contributed by atoms with Gasteiger partial charge in [0.2, 0.25) is 0 Å². The zero-order valence-corrected chi connectivity index (χ0v) is 8.89. The highest BCUT2D eigenvalue weighted by molar-refractivity contribution is 4.74. The van der Waals surface area contributed by atoms with E-state index in [2.05, 4.69) is 20.8 Å². The highest BCUT2D eigenvalue weighted by Crippen LogP contribution is 2.27. The zero-order chi connectivity index (χ0) is 9.61. The molecule has 0 fully saturated rings. The lowest BCUT2D eigenvalue weighted by molar-refractivity contribution is 0.108. The topological polar surface area (TPSA) is 35.2 Å². The molecule has 0 radical (unpaired) electrons. The second-order valence-corrected chi connectivity index (χ2v) is 4.28. The molecule has 0 saturated heterocycles. The van der Waals surface area contributed by atoms with Crippen LogP contribution in [0, 0.1) is 11.3 Å². The first-order valence-corrected chi connectivity index (χ1v) is 4.80. The van der Waals surface area contributed by atoms with Crippen LogP contribution in [0.3, 0.4) is 0 Å². The van der Waals surface area contributed by atoms with Gasteiger partial charge in [-0.1, -0.05) is 20.8 Å². The average Bonchev–Trinajstić information content (AvgIpc) is 1.95. The van der Waals surface area contributed by atoms with Crippen LogP contribution < -0.4 is 5.73 Å². The summed E-state index contributed by atoms with van der Waals surface area (Å²) in [7, 11) is 0. The Morgan fingerprint density at radius 3 is 2.25 bits per heavy atom. The predicted molar refractivity (Wildman–Crippen MR) is 53.1 cm³/mol. The quantitative estimate of drug-likeness (QED) is 0.646. The molecule has 74 valence electrons. The molecule has 0 spiro atoms. The van der Waals surface area contributed by atoms with Crippen molar-refractivity contribution in [3.05, 3.63) is 0 Å². The summed E-state index contributed by atoms with van der Waals surface area (Å²) in [6, 6.07) is 0. The largest absolute Gasteiger partial charge is 0.382 e. The first-order valence-electron chi connectivity index (χ1n) is 4.80. The SMILES string of the molecule is CCOCCC(CN)C(C)(C)C. The van der Waals surface area contributed by atoms with E-state index in [1.807, 2.05) is 6.92 Å². The second kappa shape index (κ2) is 5.55. The number of ether oxygens (including phenoxy) is 1. The van der Waals surface area contributed by atoms with Crippen molar-refractivity contribution in [1.82, 2.24) is 0 Å². The monoisotopic (exact) mass is 173 g/mol. The molecular formula is C10H23NO. The molecule has 0 saturated carbocycles. The fourth-order valence-electron chi connectivity index (χ4n) is 1.27. The average molecular weight is 173 g/mol. The van der Waals surface area contributed by atoms with Gasteiger partial charge in [0.05, 0.1) is 0 Å². The number of nitrogens with two attached hydrogens (primary N) is 1. The van der Waals surface area contributed by atoms with Crippen LogP contribution in [0.25, 0.3) is 0 Å². The minimum Gasteiger partial charge on any atom is -0.382 e. The molecule has 2 N–H and O–H groups in total. The smallest absolute Gasteiger partial charge is 0.0469 e. The van der Waals surface area contributed by atoms with Crippen LogP contribution in [-0.4, -0.2) is 19.8 Å². The summed E-state index contributed by atoms with van der Waals surface area (Å²) in [5.41, 5.74) is 6.00. The fourth-order valence-corrected chi connectivity index (χ4v) is 1.27. The van der Waals surface area contributed by atoms with E-state index < -0.39 is 0 Å². The summed E-state index contributed by atoms with van der Waals surface area (Å²) in [5.74, 6) is 0.573. The molecule has 0 amide bonds. The maximum Gasteiger partial charge on any atom is 0.0469 e. The normalized spacial score (nSPS) is 14.8. The molecule has 0 aromatic rings. The van der Waals surface area contributed by atoms with E-state index in [0.29, 0.717) is 11.3 Å². The highest BCUT2D eigenvalue weighted by Gasteiger charge is 2.22. The van der Waals surface area contributed by atoms with Crippen LogP contribution in [-0.2, 0) is 4.74 Å². The van der Waals surface area contributed by atoms with Crippen molar-refractivity contribution in [2.24, 2.45) is 17.1 Å². The third-order valence-electron chi connectivity index (χ3n) is 2.32. The lowest BCUT2D eigenvalue weighted by atomic mass is 9.79. The van der Waals surface area contributed by atoms with Gasteiger partial charge in [0.25, 0.3) is 0 Å². The summed E-state index contributed by atoms with van der Waals surface area (Å²) in [6.07, 6.45) is 1.08. The molecule has 0 aliphatic carbocycles. The molecule has 0 aromatic heterocycles. The first-order chi connectivity index (χ1) is 5.52. The van der Waals surface area contributed by atoms with Gasteiger partial charge < -0.3 is 10.5 Å². The van der Waals surface area contributed by atoms with Crippen LogP contribution in [0.1, 0.15) is 34.1 Å². The Morgan fingerprint density at radius 2 is 1.92 bits per heavy atom. The van der Waals surface area contributed by atoms with Crippen molar-refractivity contribution >= 4 is 0 Å². The van der Waals surface area contributed by atoms with E-state index in [-0.39, 0.29) is 0 Å². The Balaban J connectivity index is 3.68. The molecule has 0 heterocycles. The van der Waals surface area contributed by atoms with Crippen LogP contribution in [0.5, 0.6) is 0 Å². The molecule has 1 atom stereocenters. The van der Waals surface area contributed by atoms with Gasteiger partial charge in [-0.25, -0.2) is 0 Å². The van der Waals surface area contributed by atoms with E-state index >= 15 is 0 Å². The Morgan fingerprint density at radius 1 is 1.33 bits per heavy atom. The molecule has 12 heavy (non-hydrogen) atoms. The summed E-state index contributed by atoms with van der Waals surface area (Å²) in [4.78, 5) is 0. The molecule has 2 heteroatoms. The number of hydrogen-bond donors (Lipinski definition) is 1. The lowest BCUT2D eigenvalue weighted by Crippen LogP contribution is -2.29. The molecule has 0 rings (SSSR count). The van der Waals surface area contributed by atoms with Gasteiger partial charge in [-0.15, -0.1) is 0 Å². The number of rotatable bonds is 5. The Labute approximate surface area is 76.5 Å². The molecule has 0 aliphatic heterocycles. The van der Waals surface area contributed by atoms with Crippen LogP contribution in [0.15, 0.2) is 0 Å². The summed E-state index contributed by atoms with van der Waals surface area (Å²) in [6.45, 7) is 11.1. The first kappa shape index (κ1) is 11.9. The van der Waals surface area contributed by atoms with Crippen LogP contribution >= 0.6 is 0 Å². The van der Waals surface area contributed by atoms with Crippen LogP contribution in [0.2, 0.25) is 0 Å². The van der Waals surface area contributed by atoms with Crippen molar-refractivity contribution in [3.8, 4) is 0 Å². The fraction of sp³-hybridized carbons (Fsp3) is 1.00. The summed E-state index contributed by atoms with van der Waals surface area (Å²) in [5, 5.41) is 0. The minimum atomic E-state index is 0.311. The van der Waals surface area contributed by atoms with E-state index in [9.17, 15) is 0 Å². The zero-order valence-electron chi connectivity index (χ0n) is 8.89. The van der Waals surface area contributed by atoms with E-state index in [1.165, 1.54) is 0 Å². The Bertz CT molecular complexity index is 107. The third kappa shape index (κ3) is 4.73. The molecule has 1 unspecified atom stereocenters. The third-order valence-corrected chi connectivity index (χ3v) is 2.32. The highest BCUT2D eigenvalue weighted by atomic mass is 16.5. The predicted octanol–water partition coefficient (Wildman–Crippen LogP) is 2.03. The van der Waals surface area contributed by atoms with Gasteiger partial charge >= 0.3 is 0 Å². The minimum absolute atomic E-state index is 0.311. The van der Waals surface area contributed by atoms with Crippen molar-refractivity contribution in [1.29, 1.82) is 0 Å². The molecule has 0 bridgehead atoms. The second-order valence-electron chi connectivity index (χ2n) is 4.28. The summed E-state index contributed by atoms with van der Waals surface area (Å²) >= 11 is 0. The maximum atomic E-state index is 5.69. The van der Waals surface area contributed by atoms with Gasteiger partial charge in [-0.2, -0.15) is 0 Å². The standard InChI is InChI=1S/C10H23NO/c1-5-12-7-6-9(8-11)10(2,3)4/h9H,5-8,11H2,1-4H3.